The highest BCUT2D eigenvalue weighted by Gasteiger charge is 2.16. The fourth-order valence-electron chi connectivity index (χ4n) is 1.16. The summed E-state index contributed by atoms with van der Waals surface area (Å²) in [7, 11) is 0. The van der Waals surface area contributed by atoms with Gasteiger partial charge >= 0.3 is 0 Å². The van der Waals surface area contributed by atoms with Gasteiger partial charge in [0.1, 0.15) is 6.07 Å². The Morgan fingerprint density at radius 2 is 2.07 bits per heavy atom. The Bertz CT molecular complexity index is 470. The highest BCUT2D eigenvalue weighted by molar-refractivity contribution is 5.65. The number of carbonyl (C=O) groups excluding carboxylic acids is 1. The molecular formula is C9H4N2O3. The van der Waals surface area contributed by atoms with Crippen LogP contribution in [0.4, 0.5) is 5.69 Å². The summed E-state index contributed by atoms with van der Waals surface area (Å²) in [6.07, 6.45) is 1.38. The number of hydrogen-bond acceptors (Lipinski definition) is 5. The summed E-state index contributed by atoms with van der Waals surface area (Å²) in [5, 5.41) is 8.74. The maximum absolute atomic E-state index is 10.1. The molecule has 0 radical (unpaired) electrons. The topological polar surface area (TPSA) is 71.7 Å². The molecule has 0 spiro atoms. The van der Waals surface area contributed by atoms with E-state index < -0.39 is 0 Å². The van der Waals surface area contributed by atoms with Gasteiger partial charge in [0.15, 0.2) is 11.5 Å². The Morgan fingerprint density at radius 1 is 1.36 bits per heavy atom. The third-order valence-corrected chi connectivity index (χ3v) is 1.78. The first-order valence-corrected chi connectivity index (χ1v) is 3.77. The predicted octanol–water partition coefficient (Wildman–Crippen LogP) is 1.25. The van der Waals surface area contributed by atoms with E-state index >= 15 is 0 Å². The van der Waals surface area contributed by atoms with E-state index in [1.165, 1.54) is 18.2 Å². The molecule has 1 aliphatic rings. The van der Waals surface area contributed by atoms with Crippen LogP contribution in [0.5, 0.6) is 11.5 Å². The van der Waals surface area contributed by atoms with Crippen LogP contribution in [0.25, 0.3) is 0 Å². The third-order valence-electron chi connectivity index (χ3n) is 1.78. The molecule has 2 rings (SSSR count). The smallest absolute Gasteiger partial charge is 0.240 e. The first kappa shape index (κ1) is 8.30. The fourth-order valence-corrected chi connectivity index (χ4v) is 1.16. The van der Waals surface area contributed by atoms with Gasteiger partial charge in [-0.2, -0.15) is 10.3 Å². The lowest BCUT2D eigenvalue weighted by Gasteiger charge is -1.98. The number of fused-ring (bicyclic) bond motifs is 1. The minimum Gasteiger partial charge on any atom is -0.454 e. The molecule has 14 heavy (non-hydrogen) atoms. The van der Waals surface area contributed by atoms with Gasteiger partial charge in [0.2, 0.25) is 12.9 Å². The van der Waals surface area contributed by atoms with Gasteiger partial charge in [-0.1, -0.05) is 0 Å². The number of ether oxygens (including phenoxy) is 2. The summed E-state index contributed by atoms with van der Waals surface area (Å²) < 4.78 is 10.1. The third kappa shape index (κ3) is 1.20. The summed E-state index contributed by atoms with van der Waals surface area (Å²) in [5.74, 6) is 0.976. The summed E-state index contributed by atoms with van der Waals surface area (Å²) >= 11 is 0. The molecule has 0 atom stereocenters. The monoisotopic (exact) mass is 188 g/mol. The average molecular weight is 188 g/mol. The van der Waals surface area contributed by atoms with Crippen LogP contribution in [0.3, 0.4) is 0 Å². The maximum Gasteiger partial charge on any atom is 0.240 e. The molecule has 0 amide bonds. The van der Waals surface area contributed by atoms with Crippen molar-refractivity contribution in [1.82, 2.24) is 0 Å². The Balaban J connectivity index is 2.61. The Morgan fingerprint density at radius 3 is 2.71 bits per heavy atom. The van der Waals surface area contributed by atoms with Crippen LogP contribution in [0.15, 0.2) is 17.1 Å². The number of aliphatic imine (C=N–C) groups is 1. The Kier molecular flexibility index (Phi) is 1.90. The van der Waals surface area contributed by atoms with Crippen LogP contribution in [0, 0.1) is 11.3 Å². The van der Waals surface area contributed by atoms with Crippen LogP contribution < -0.4 is 9.47 Å². The van der Waals surface area contributed by atoms with Gasteiger partial charge in [0.05, 0.1) is 11.3 Å². The van der Waals surface area contributed by atoms with Gasteiger partial charge in [-0.05, 0) is 0 Å². The van der Waals surface area contributed by atoms with E-state index in [2.05, 4.69) is 4.99 Å². The number of nitrogens with zero attached hydrogens (tertiary/aromatic N) is 2. The second-order valence-corrected chi connectivity index (χ2v) is 2.54. The van der Waals surface area contributed by atoms with Gasteiger partial charge in [-0.25, -0.2) is 4.79 Å². The van der Waals surface area contributed by atoms with E-state index in [0.29, 0.717) is 11.5 Å². The van der Waals surface area contributed by atoms with Crippen molar-refractivity contribution in [2.75, 3.05) is 6.79 Å². The molecule has 0 N–H and O–H groups in total. The van der Waals surface area contributed by atoms with Crippen molar-refractivity contribution in [3.05, 3.63) is 17.7 Å². The van der Waals surface area contributed by atoms with Gasteiger partial charge in [-0.3, -0.25) is 0 Å². The minimum atomic E-state index is 0.120. The number of benzene rings is 1. The zero-order chi connectivity index (χ0) is 9.97. The van der Waals surface area contributed by atoms with Gasteiger partial charge in [0.25, 0.3) is 0 Å². The highest BCUT2D eigenvalue weighted by Crippen LogP contribution is 2.37. The van der Waals surface area contributed by atoms with Crippen LogP contribution in [0.1, 0.15) is 5.56 Å². The largest absolute Gasteiger partial charge is 0.454 e. The minimum absolute atomic E-state index is 0.120. The predicted molar refractivity (Wildman–Crippen MR) is 45.1 cm³/mol. The van der Waals surface area contributed by atoms with E-state index in [-0.39, 0.29) is 18.0 Å². The van der Waals surface area contributed by atoms with Gasteiger partial charge in [-0.15, -0.1) is 0 Å². The second-order valence-electron chi connectivity index (χ2n) is 2.54. The lowest BCUT2D eigenvalue weighted by atomic mass is 10.2. The van der Waals surface area contributed by atoms with E-state index in [1.807, 2.05) is 6.07 Å². The van der Waals surface area contributed by atoms with E-state index in [0.717, 1.165) is 0 Å². The molecule has 0 unspecified atom stereocenters. The van der Waals surface area contributed by atoms with Crippen molar-refractivity contribution in [3.63, 3.8) is 0 Å². The molecule has 0 bridgehead atoms. The molecule has 0 saturated heterocycles. The molecule has 1 aromatic rings. The molecule has 0 fully saturated rings. The van der Waals surface area contributed by atoms with Crippen molar-refractivity contribution in [1.29, 1.82) is 5.26 Å². The van der Waals surface area contributed by atoms with Crippen LogP contribution in [0.2, 0.25) is 0 Å². The molecular weight excluding hydrogens is 184 g/mol. The van der Waals surface area contributed by atoms with Crippen LogP contribution in [-0.4, -0.2) is 12.9 Å². The summed E-state index contributed by atoms with van der Waals surface area (Å²) in [6.45, 7) is 0.120. The summed E-state index contributed by atoms with van der Waals surface area (Å²) in [6, 6.07) is 4.86. The van der Waals surface area contributed by atoms with Crippen LogP contribution in [-0.2, 0) is 4.79 Å². The van der Waals surface area contributed by atoms with Crippen molar-refractivity contribution < 1.29 is 14.3 Å². The van der Waals surface area contributed by atoms with E-state index in [4.69, 9.17) is 14.7 Å². The molecule has 1 aromatic carbocycles. The molecule has 1 heterocycles. The van der Waals surface area contributed by atoms with Gasteiger partial charge in [0, 0.05) is 12.1 Å². The SMILES string of the molecule is N#Cc1cc2c(cc1N=C=O)OCO2. The molecule has 0 aliphatic carbocycles. The first-order chi connectivity index (χ1) is 6.85. The van der Waals surface area contributed by atoms with E-state index in [1.54, 1.807) is 0 Å². The Hall–Kier alpha value is -2.31. The quantitative estimate of drug-likeness (QED) is 0.491. The highest BCUT2D eigenvalue weighted by atomic mass is 16.7. The summed E-state index contributed by atoms with van der Waals surface area (Å²) in [5.41, 5.74) is 0.504. The zero-order valence-electron chi connectivity index (χ0n) is 6.98. The number of hydrogen-bond donors (Lipinski definition) is 0. The number of rotatable bonds is 1. The number of nitriles is 1. The lowest BCUT2D eigenvalue weighted by molar-refractivity contribution is 0.174. The standard InChI is InChI=1S/C9H4N2O3/c10-3-6-1-8-9(14-5-13-8)2-7(6)11-4-12/h1-2H,5H2. The van der Waals surface area contributed by atoms with Crippen molar-refractivity contribution in [2.24, 2.45) is 4.99 Å². The van der Waals surface area contributed by atoms with E-state index in [9.17, 15) is 4.79 Å². The van der Waals surface area contributed by atoms with Crippen molar-refractivity contribution >= 4 is 11.8 Å². The maximum atomic E-state index is 10.1. The average Bonchev–Trinajstić information content (AvgIpc) is 2.64. The first-order valence-electron chi connectivity index (χ1n) is 3.77. The van der Waals surface area contributed by atoms with Crippen molar-refractivity contribution in [2.45, 2.75) is 0 Å². The summed E-state index contributed by atoms with van der Waals surface area (Å²) in [4.78, 5) is 13.5. The fraction of sp³-hybridized carbons (Fsp3) is 0.111. The molecule has 5 heteroatoms. The Labute approximate surface area is 79.2 Å². The van der Waals surface area contributed by atoms with Crippen LogP contribution >= 0.6 is 0 Å². The number of isocyanates is 1. The second kappa shape index (κ2) is 3.21. The molecule has 1 aliphatic heterocycles. The molecule has 0 aromatic heterocycles. The molecule has 68 valence electrons. The lowest BCUT2D eigenvalue weighted by Crippen LogP contribution is -1.92. The zero-order valence-corrected chi connectivity index (χ0v) is 6.98. The van der Waals surface area contributed by atoms with Gasteiger partial charge < -0.3 is 9.47 Å². The molecule has 0 saturated carbocycles. The molecule has 5 nitrogen and oxygen atoms in total. The normalized spacial score (nSPS) is 11.6. The van der Waals surface area contributed by atoms with Crippen molar-refractivity contribution in [3.8, 4) is 17.6 Å².